The van der Waals surface area contributed by atoms with E-state index in [2.05, 4.69) is 12.2 Å². The molecule has 0 rings (SSSR count). The van der Waals surface area contributed by atoms with Crippen molar-refractivity contribution in [1.29, 1.82) is 0 Å². The van der Waals surface area contributed by atoms with E-state index in [-0.39, 0.29) is 10.6 Å². The van der Waals surface area contributed by atoms with Crippen LogP contribution in [0.3, 0.4) is 0 Å². The van der Waals surface area contributed by atoms with Crippen molar-refractivity contribution in [3.8, 4) is 0 Å². The van der Waals surface area contributed by atoms with Crippen molar-refractivity contribution in [2.75, 3.05) is 27.2 Å². The van der Waals surface area contributed by atoms with Gasteiger partial charge >= 0.3 is 0 Å². The topological polar surface area (TPSA) is 52.2 Å². The Kier molecular flexibility index (Phi) is 17.4. The van der Waals surface area contributed by atoms with Crippen molar-refractivity contribution < 1.29 is 9.44 Å². The minimum absolute atomic E-state index is 0.199. The van der Waals surface area contributed by atoms with Gasteiger partial charge in [0.25, 0.3) is 0 Å². The lowest BCUT2D eigenvalue weighted by Gasteiger charge is -2.33. The van der Waals surface area contributed by atoms with E-state index in [0.29, 0.717) is 13.0 Å². The number of carbonyl (C=O) groups excluding carboxylic acids is 1. The van der Waals surface area contributed by atoms with Crippen LogP contribution in [0.25, 0.3) is 0 Å². The maximum Gasteiger partial charge on any atom is 0.219 e. The summed E-state index contributed by atoms with van der Waals surface area (Å²) in [6.07, 6.45) is 19.3. The zero-order valence-electron chi connectivity index (χ0n) is 18.0. The molecular weight excluding hydrogens is 324 g/mol. The molecule has 26 heavy (non-hydrogen) atoms. The van der Waals surface area contributed by atoms with Gasteiger partial charge in [0.2, 0.25) is 5.91 Å². The van der Waals surface area contributed by atoms with E-state index in [9.17, 15) is 10.0 Å². The quantitative estimate of drug-likeness (QED) is 0.174. The van der Waals surface area contributed by atoms with E-state index < -0.39 is 0 Å². The van der Waals surface area contributed by atoms with Gasteiger partial charge < -0.3 is 15.2 Å². The zero-order valence-corrected chi connectivity index (χ0v) is 18.0. The zero-order chi connectivity index (χ0) is 19.5. The number of nitrogens with one attached hydrogen (secondary N) is 1. The van der Waals surface area contributed by atoms with Crippen LogP contribution >= 0.6 is 0 Å². The van der Waals surface area contributed by atoms with Gasteiger partial charge in [-0.3, -0.25) is 4.79 Å². The van der Waals surface area contributed by atoms with Crippen LogP contribution < -0.4 is 5.32 Å². The summed E-state index contributed by atoms with van der Waals surface area (Å²) in [4.78, 5) is 11.8. The van der Waals surface area contributed by atoms with Gasteiger partial charge in [-0.05, 0) is 25.7 Å². The van der Waals surface area contributed by atoms with Gasteiger partial charge in [0.05, 0.1) is 20.6 Å². The van der Waals surface area contributed by atoms with Crippen LogP contribution in [0.4, 0.5) is 0 Å². The number of carbonyl (C=O) groups is 1. The summed E-state index contributed by atoms with van der Waals surface area (Å²) >= 11 is 0. The van der Waals surface area contributed by atoms with Crippen molar-refractivity contribution in [2.45, 2.75) is 110 Å². The summed E-state index contributed by atoms with van der Waals surface area (Å²) in [5.41, 5.74) is 0. The lowest BCUT2D eigenvalue weighted by molar-refractivity contribution is -0.840. The van der Waals surface area contributed by atoms with Gasteiger partial charge in [-0.25, -0.2) is 0 Å². The van der Waals surface area contributed by atoms with Gasteiger partial charge in [0.1, 0.15) is 0 Å². The van der Waals surface area contributed by atoms with Crippen LogP contribution in [0.15, 0.2) is 0 Å². The number of amides is 1. The third-order valence-electron chi connectivity index (χ3n) is 4.95. The molecular formula is C22H46N2O2. The minimum atomic E-state index is -0.199. The normalized spacial score (nSPS) is 11.7. The largest absolute Gasteiger partial charge is 0.633 e. The van der Waals surface area contributed by atoms with Gasteiger partial charge in [-0.1, -0.05) is 77.6 Å². The molecule has 1 N–H and O–H groups in total. The molecule has 1 amide bonds. The van der Waals surface area contributed by atoms with Gasteiger partial charge in [0.15, 0.2) is 0 Å². The molecule has 0 bridgehead atoms. The van der Waals surface area contributed by atoms with Crippen LogP contribution in [-0.2, 0) is 4.79 Å². The maximum atomic E-state index is 11.8. The van der Waals surface area contributed by atoms with Crippen molar-refractivity contribution in [1.82, 2.24) is 5.32 Å². The lowest BCUT2D eigenvalue weighted by Crippen LogP contribution is -2.33. The molecule has 0 unspecified atom stereocenters. The highest BCUT2D eigenvalue weighted by Crippen LogP contribution is 2.12. The first-order valence-electron chi connectivity index (χ1n) is 11.3. The SMILES string of the molecule is CCCCCCCCCCCCCC(=O)NCCCCCC[N+](C)(C)[O-]. The Balaban J connectivity index is 3.20. The summed E-state index contributed by atoms with van der Waals surface area (Å²) in [6, 6.07) is 0. The van der Waals surface area contributed by atoms with Crippen LogP contribution in [0.1, 0.15) is 110 Å². The van der Waals surface area contributed by atoms with Gasteiger partial charge in [-0.15, -0.1) is 0 Å². The summed E-state index contributed by atoms with van der Waals surface area (Å²) in [7, 11) is 3.38. The predicted octanol–water partition coefficient (Wildman–Crippen LogP) is 5.94. The molecule has 0 saturated heterocycles. The second kappa shape index (κ2) is 17.8. The monoisotopic (exact) mass is 370 g/mol. The van der Waals surface area contributed by atoms with Crippen LogP contribution in [-0.4, -0.2) is 37.7 Å². The second-order valence-corrected chi connectivity index (χ2v) is 8.35. The van der Waals surface area contributed by atoms with Crippen molar-refractivity contribution in [2.24, 2.45) is 0 Å². The summed E-state index contributed by atoms with van der Waals surface area (Å²) in [5, 5.41) is 14.4. The highest BCUT2D eigenvalue weighted by atomic mass is 16.5. The predicted molar refractivity (Wildman–Crippen MR) is 113 cm³/mol. The Morgan fingerprint density at radius 2 is 1.19 bits per heavy atom. The van der Waals surface area contributed by atoms with E-state index in [4.69, 9.17) is 0 Å². The molecule has 0 saturated carbocycles. The molecule has 0 radical (unpaired) electrons. The fraction of sp³-hybridized carbons (Fsp3) is 0.955. The number of hydrogen-bond donors (Lipinski definition) is 1. The van der Waals surface area contributed by atoms with Gasteiger partial charge in [-0.2, -0.15) is 0 Å². The Morgan fingerprint density at radius 1 is 0.731 bits per heavy atom. The van der Waals surface area contributed by atoms with E-state index in [0.717, 1.165) is 38.6 Å². The maximum absolute atomic E-state index is 11.8. The molecule has 0 aliphatic rings. The van der Waals surface area contributed by atoms with Crippen molar-refractivity contribution in [3.05, 3.63) is 5.21 Å². The molecule has 0 aliphatic heterocycles. The third kappa shape index (κ3) is 21.4. The van der Waals surface area contributed by atoms with Crippen LogP contribution in [0, 0.1) is 5.21 Å². The first-order valence-corrected chi connectivity index (χ1v) is 11.3. The number of hydroxylamine groups is 3. The Bertz CT molecular complexity index is 314. The summed E-state index contributed by atoms with van der Waals surface area (Å²) in [5.74, 6) is 0.207. The molecule has 0 aromatic rings. The van der Waals surface area contributed by atoms with Gasteiger partial charge in [0, 0.05) is 13.0 Å². The highest BCUT2D eigenvalue weighted by molar-refractivity contribution is 5.75. The summed E-state index contributed by atoms with van der Waals surface area (Å²) in [6.45, 7) is 3.73. The van der Waals surface area contributed by atoms with E-state index >= 15 is 0 Å². The summed E-state index contributed by atoms with van der Waals surface area (Å²) < 4.78 is -0.199. The van der Waals surface area contributed by atoms with Crippen LogP contribution in [0.5, 0.6) is 0 Å². The third-order valence-corrected chi connectivity index (χ3v) is 4.95. The van der Waals surface area contributed by atoms with E-state index in [1.807, 2.05) is 0 Å². The van der Waals surface area contributed by atoms with E-state index in [1.165, 1.54) is 64.2 Å². The van der Waals surface area contributed by atoms with Crippen molar-refractivity contribution >= 4 is 5.91 Å². The Hall–Kier alpha value is -0.610. The molecule has 0 aliphatic carbocycles. The molecule has 0 spiro atoms. The molecule has 0 fully saturated rings. The Morgan fingerprint density at radius 3 is 1.73 bits per heavy atom. The molecule has 0 aromatic heterocycles. The minimum Gasteiger partial charge on any atom is -0.633 e. The molecule has 4 heteroatoms. The second-order valence-electron chi connectivity index (χ2n) is 8.35. The number of quaternary nitrogens is 1. The van der Waals surface area contributed by atoms with Crippen molar-refractivity contribution in [3.63, 3.8) is 0 Å². The highest BCUT2D eigenvalue weighted by Gasteiger charge is 2.02. The molecule has 0 aromatic carbocycles. The first kappa shape index (κ1) is 25.4. The number of nitrogens with zero attached hydrogens (tertiary/aromatic N) is 1. The van der Waals surface area contributed by atoms with Crippen LogP contribution in [0.2, 0.25) is 0 Å². The average molecular weight is 371 g/mol. The average Bonchev–Trinajstić information content (AvgIpc) is 2.58. The number of unbranched alkanes of at least 4 members (excludes halogenated alkanes) is 13. The standard InChI is InChI=1S/C22H46N2O2/c1-4-5-6-7-8-9-10-11-12-13-16-19-22(25)23-20-17-14-15-18-21-24(2,3)26/h4-21H2,1-3H3,(H,23,25). The Labute approximate surface area is 163 Å². The van der Waals surface area contributed by atoms with E-state index in [1.54, 1.807) is 14.1 Å². The lowest BCUT2D eigenvalue weighted by atomic mass is 10.1. The molecule has 0 atom stereocenters. The number of rotatable bonds is 19. The smallest absolute Gasteiger partial charge is 0.219 e. The fourth-order valence-corrected chi connectivity index (χ4v) is 3.24. The fourth-order valence-electron chi connectivity index (χ4n) is 3.24. The molecule has 0 heterocycles. The number of hydrogen-bond acceptors (Lipinski definition) is 2. The molecule has 4 nitrogen and oxygen atoms in total. The first-order chi connectivity index (χ1) is 12.5. The molecule has 156 valence electrons.